The third-order valence-corrected chi connectivity index (χ3v) is 2.85. The number of carboxylic acid groups (broad SMARTS) is 1. The standard InChI is InChI=1S/C12H23FN2O3/c1-9(2)10(3-4-11(16)17)5-7-14-12(18)15-8-6-13/h9-10H,3-8H2,1-2H3,(H,16,17)(H2,14,15,18). The number of carbonyl (C=O) groups is 2. The van der Waals surface area contributed by atoms with Crippen molar-refractivity contribution in [2.75, 3.05) is 19.8 Å². The summed E-state index contributed by atoms with van der Waals surface area (Å²) in [4.78, 5) is 21.6. The van der Waals surface area contributed by atoms with Gasteiger partial charge in [-0.05, 0) is 24.7 Å². The van der Waals surface area contributed by atoms with Gasteiger partial charge in [0.25, 0.3) is 0 Å². The molecule has 0 saturated carbocycles. The van der Waals surface area contributed by atoms with Crippen molar-refractivity contribution in [2.45, 2.75) is 33.1 Å². The average Bonchev–Trinajstić information content (AvgIpc) is 2.30. The van der Waals surface area contributed by atoms with Crippen LogP contribution < -0.4 is 10.6 Å². The Hall–Kier alpha value is -1.33. The highest BCUT2D eigenvalue weighted by Crippen LogP contribution is 2.20. The van der Waals surface area contributed by atoms with Gasteiger partial charge in [0.05, 0.1) is 0 Å². The number of urea groups is 1. The third-order valence-electron chi connectivity index (χ3n) is 2.85. The van der Waals surface area contributed by atoms with Gasteiger partial charge in [-0.1, -0.05) is 13.8 Å². The van der Waals surface area contributed by atoms with E-state index < -0.39 is 12.6 Å². The molecular formula is C12H23FN2O3. The van der Waals surface area contributed by atoms with E-state index in [1.165, 1.54) is 0 Å². The van der Waals surface area contributed by atoms with E-state index in [1.807, 2.05) is 13.8 Å². The van der Waals surface area contributed by atoms with Crippen molar-refractivity contribution >= 4 is 12.0 Å². The van der Waals surface area contributed by atoms with Crippen LogP contribution in [-0.4, -0.2) is 36.9 Å². The van der Waals surface area contributed by atoms with Crippen LogP contribution in [0.3, 0.4) is 0 Å². The number of alkyl halides is 1. The van der Waals surface area contributed by atoms with E-state index in [1.54, 1.807) is 0 Å². The third kappa shape index (κ3) is 8.78. The molecule has 18 heavy (non-hydrogen) atoms. The van der Waals surface area contributed by atoms with Crippen LogP contribution in [-0.2, 0) is 4.79 Å². The number of halogens is 1. The molecule has 0 radical (unpaired) electrons. The van der Waals surface area contributed by atoms with Gasteiger partial charge < -0.3 is 15.7 Å². The maximum absolute atomic E-state index is 11.8. The molecule has 3 N–H and O–H groups in total. The van der Waals surface area contributed by atoms with Crippen LogP contribution in [0.4, 0.5) is 9.18 Å². The first kappa shape index (κ1) is 16.7. The fraction of sp³-hybridized carbons (Fsp3) is 0.833. The maximum atomic E-state index is 11.8. The number of carboxylic acids is 1. The van der Waals surface area contributed by atoms with Crippen LogP contribution in [0.25, 0.3) is 0 Å². The Morgan fingerprint density at radius 3 is 2.28 bits per heavy atom. The molecule has 0 aromatic heterocycles. The second-order valence-electron chi connectivity index (χ2n) is 4.60. The molecule has 2 amide bonds. The lowest BCUT2D eigenvalue weighted by Crippen LogP contribution is -2.37. The zero-order valence-corrected chi connectivity index (χ0v) is 11.0. The SMILES string of the molecule is CC(C)C(CCNC(=O)NCCF)CCC(=O)O. The summed E-state index contributed by atoms with van der Waals surface area (Å²) in [6.45, 7) is 3.98. The Kier molecular flexibility index (Phi) is 8.96. The number of nitrogens with one attached hydrogen (secondary N) is 2. The first-order valence-corrected chi connectivity index (χ1v) is 6.26. The molecule has 0 fully saturated rings. The molecule has 0 bridgehead atoms. The van der Waals surface area contributed by atoms with Crippen molar-refractivity contribution in [3.8, 4) is 0 Å². The molecule has 1 atom stereocenters. The van der Waals surface area contributed by atoms with Crippen LogP contribution in [0.15, 0.2) is 0 Å². The first-order chi connectivity index (χ1) is 8.47. The number of hydrogen-bond donors (Lipinski definition) is 3. The summed E-state index contributed by atoms with van der Waals surface area (Å²) in [6, 6.07) is -0.381. The molecule has 5 nitrogen and oxygen atoms in total. The smallest absolute Gasteiger partial charge is 0.314 e. The van der Waals surface area contributed by atoms with Crippen molar-refractivity contribution in [3.05, 3.63) is 0 Å². The van der Waals surface area contributed by atoms with Gasteiger partial charge in [0, 0.05) is 19.5 Å². The van der Waals surface area contributed by atoms with E-state index in [0.717, 1.165) is 6.42 Å². The van der Waals surface area contributed by atoms with Crippen LogP contribution >= 0.6 is 0 Å². The highest BCUT2D eigenvalue weighted by Gasteiger charge is 2.15. The highest BCUT2D eigenvalue weighted by molar-refractivity contribution is 5.73. The number of carbonyl (C=O) groups excluding carboxylic acids is 1. The maximum Gasteiger partial charge on any atom is 0.314 e. The molecule has 0 aliphatic rings. The summed E-state index contributed by atoms with van der Waals surface area (Å²) in [5, 5.41) is 13.6. The average molecular weight is 262 g/mol. The van der Waals surface area contributed by atoms with Gasteiger partial charge in [-0.3, -0.25) is 4.79 Å². The van der Waals surface area contributed by atoms with Crippen LogP contribution in [0.2, 0.25) is 0 Å². The van der Waals surface area contributed by atoms with E-state index in [4.69, 9.17) is 5.11 Å². The summed E-state index contributed by atoms with van der Waals surface area (Å²) in [6.07, 6.45) is 1.49. The van der Waals surface area contributed by atoms with E-state index >= 15 is 0 Å². The van der Waals surface area contributed by atoms with Gasteiger partial charge in [0.2, 0.25) is 0 Å². The fourth-order valence-corrected chi connectivity index (χ4v) is 1.71. The Labute approximate surface area is 107 Å². The van der Waals surface area contributed by atoms with Crippen molar-refractivity contribution < 1.29 is 19.1 Å². The summed E-state index contributed by atoms with van der Waals surface area (Å²) < 4.78 is 11.8. The summed E-state index contributed by atoms with van der Waals surface area (Å²) in [5.74, 6) is -0.156. The predicted molar refractivity (Wildman–Crippen MR) is 67.2 cm³/mol. The van der Waals surface area contributed by atoms with E-state index in [0.29, 0.717) is 18.9 Å². The minimum atomic E-state index is -0.797. The van der Waals surface area contributed by atoms with Crippen molar-refractivity contribution in [1.29, 1.82) is 0 Å². The lowest BCUT2D eigenvalue weighted by molar-refractivity contribution is -0.137. The highest BCUT2D eigenvalue weighted by atomic mass is 19.1. The molecule has 0 heterocycles. The van der Waals surface area contributed by atoms with E-state index in [9.17, 15) is 14.0 Å². The molecule has 0 spiro atoms. The van der Waals surface area contributed by atoms with Gasteiger partial charge in [0.1, 0.15) is 6.67 Å². The molecule has 0 aliphatic carbocycles. The summed E-state index contributed by atoms with van der Waals surface area (Å²) in [5.41, 5.74) is 0. The molecule has 1 unspecified atom stereocenters. The molecule has 106 valence electrons. The minimum Gasteiger partial charge on any atom is -0.481 e. The topological polar surface area (TPSA) is 78.4 Å². The second-order valence-corrected chi connectivity index (χ2v) is 4.60. The lowest BCUT2D eigenvalue weighted by Gasteiger charge is -2.20. The largest absolute Gasteiger partial charge is 0.481 e. The Morgan fingerprint density at radius 1 is 1.17 bits per heavy atom. The number of rotatable bonds is 9. The first-order valence-electron chi connectivity index (χ1n) is 6.26. The lowest BCUT2D eigenvalue weighted by atomic mass is 9.88. The molecule has 0 saturated heterocycles. The quantitative estimate of drug-likeness (QED) is 0.592. The molecule has 0 aromatic carbocycles. The number of hydrogen-bond acceptors (Lipinski definition) is 2. The van der Waals surface area contributed by atoms with E-state index in [-0.39, 0.29) is 24.9 Å². The Morgan fingerprint density at radius 2 is 1.78 bits per heavy atom. The Bertz CT molecular complexity index is 260. The normalized spacial score (nSPS) is 12.2. The zero-order valence-electron chi connectivity index (χ0n) is 11.0. The Balaban J connectivity index is 3.82. The predicted octanol–water partition coefficient (Wildman–Crippen LogP) is 1.78. The van der Waals surface area contributed by atoms with Crippen molar-refractivity contribution in [1.82, 2.24) is 10.6 Å². The van der Waals surface area contributed by atoms with Gasteiger partial charge in [-0.2, -0.15) is 0 Å². The molecule has 0 aliphatic heterocycles. The molecule has 0 aromatic rings. The van der Waals surface area contributed by atoms with Crippen LogP contribution in [0.5, 0.6) is 0 Å². The number of amides is 2. The molecule has 0 rings (SSSR count). The van der Waals surface area contributed by atoms with Crippen LogP contribution in [0, 0.1) is 11.8 Å². The van der Waals surface area contributed by atoms with Gasteiger partial charge in [0.15, 0.2) is 0 Å². The summed E-state index contributed by atoms with van der Waals surface area (Å²) in [7, 11) is 0. The summed E-state index contributed by atoms with van der Waals surface area (Å²) >= 11 is 0. The van der Waals surface area contributed by atoms with Crippen LogP contribution in [0.1, 0.15) is 33.1 Å². The fourth-order valence-electron chi connectivity index (χ4n) is 1.71. The molecular weight excluding hydrogens is 239 g/mol. The monoisotopic (exact) mass is 262 g/mol. The van der Waals surface area contributed by atoms with Gasteiger partial charge in [-0.15, -0.1) is 0 Å². The van der Waals surface area contributed by atoms with E-state index in [2.05, 4.69) is 10.6 Å². The van der Waals surface area contributed by atoms with Crippen molar-refractivity contribution in [3.63, 3.8) is 0 Å². The molecule has 6 heteroatoms. The van der Waals surface area contributed by atoms with Gasteiger partial charge in [-0.25, -0.2) is 9.18 Å². The number of aliphatic carboxylic acids is 1. The van der Waals surface area contributed by atoms with Crippen molar-refractivity contribution in [2.24, 2.45) is 11.8 Å². The zero-order chi connectivity index (χ0) is 14.0. The van der Waals surface area contributed by atoms with Gasteiger partial charge >= 0.3 is 12.0 Å². The second kappa shape index (κ2) is 9.67. The minimum absolute atomic E-state index is 0.0124.